The van der Waals surface area contributed by atoms with Crippen LogP contribution in [0.3, 0.4) is 0 Å². The van der Waals surface area contributed by atoms with Gasteiger partial charge in [0.25, 0.3) is 0 Å². The molecule has 2 heterocycles. The molecular weight excluding hydrogens is 639 g/mol. The Balaban J connectivity index is 1.08. The van der Waals surface area contributed by atoms with Gasteiger partial charge in [-0.15, -0.1) is 11.3 Å². The molecule has 10 aromatic rings. The van der Waals surface area contributed by atoms with Gasteiger partial charge in [-0.25, -0.2) is 0 Å². The van der Waals surface area contributed by atoms with Crippen molar-refractivity contribution in [2.75, 3.05) is 4.90 Å². The number of furan rings is 1. The molecule has 10 rings (SSSR count). The van der Waals surface area contributed by atoms with E-state index in [0.717, 1.165) is 66.0 Å². The number of hydrogen-bond acceptors (Lipinski definition) is 3. The summed E-state index contributed by atoms with van der Waals surface area (Å²) in [6.07, 6.45) is 0. The van der Waals surface area contributed by atoms with Crippen molar-refractivity contribution in [2.24, 2.45) is 0 Å². The molecule has 0 atom stereocenters. The molecular formula is C48H31NOS. The van der Waals surface area contributed by atoms with Crippen LogP contribution in [0.15, 0.2) is 192 Å². The Bertz CT molecular complexity index is 3110. The van der Waals surface area contributed by atoms with Crippen molar-refractivity contribution in [3.63, 3.8) is 0 Å². The van der Waals surface area contributed by atoms with E-state index in [-0.39, 0.29) is 29.7 Å². The molecule has 0 N–H and O–H groups in total. The van der Waals surface area contributed by atoms with Gasteiger partial charge in [-0.1, -0.05) is 139 Å². The Hall–Kier alpha value is -6.42. The predicted molar refractivity (Wildman–Crippen MR) is 218 cm³/mol. The summed E-state index contributed by atoms with van der Waals surface area (Å²) in [5.74, 6) is 0. The second-order valence-corrected chi connectivity index (χ2v) is 13.7. The van der Waals surface area contributed by atoms with Gasteiger partial charge in [-0.05, 0) is 76.3 Å². The van der Waals surface area contributed by atoms with E-state index in [1.807, 2.05) is 60.7 Å². The standard InChI is InChI=1S/C48H31NOS/c1-3-10-32(11-4-1)34-18-23-37(24-19-34)49(38-25-20-35(21-26-38)33-12-5-2-6-13-33)39-27-29-43-42-28-22-36(30-46(42)51-47(43)31-39)40-15-9-16-44-41-14-7-8-17-45(41)50-48(40)44/h1-31H/i1D,3D,4D,10D,11D. The molecule has 0 saturated heterocycles. The fraction of sp³-hybridized carbons (Fsp3) is 0. The maximum Gasteiger partial charge on any atom is 0.143 e. The summed E-state index contributed by atoms with van der Waals surface area (Å²) in [7, 11) is 0. The number of fused-ring (bicyclic) bond motifs is 6. The Morgan fingerprint density at radius 2 is 1.02 bits per heavy atom. The number of anilines is 3. The second kappa shape index (κ2) is 12.2. The van der Waals surface area contributed by atoms with Crippen LogP contribution in [0.2, 0.25) is 0 Å². The number of benzene rings is 8. The minimum Gasteiger partial charge on any atom is -0.455 e. The molecule has 0 radical (unpaired) electrons. The van der Waals surface area contributed by atoms with Crippen LogP contribution < -0.4 is 4.90 Å². The van der Waals surface area contributed by atoms with Gasteiger partial charge < -0.3 is 9.32 Å². The van der Waals surface area contributed by atoms with E-state index < -0.39 is 6.04 Å². The minimum atomic E-state index is -0.401. The lowest BCUT2D eigenvalue weighted by Gasteiger charge is -2.26. The molecule has 0 fully saturated rings. The Morgan fingerprint density at radius 3 is 1.78 bits per heavy atom. The summed E-state index contributed by atoms with van der Waals surface area (Å²) in [5.41, 5.74) is 9.73. The van der Waals surface area contributed by atoms with Crippen molar-refractivity contribution in [2.45, 2.75) is 0 Å². The van der Waals surface area contributed by atoms with E-state index in [4.69, 9.17) is 11.3 Å². The third-order valence-electron chi connectivity index (χ3n) is 9.58. The van der Waals surface area contributed by atoms with E-state index in [9.17, 15) is 0 Å². The number of nitrogens with zero attached hydrogens (tertiary/aromatic N) is 1. The van der Waals surface area contributed by atoms with Gasteiger partial charge in [0.1, 0.15) is 11.2 Å². The summed E-state index contributed by atoms with van der Waals surface area (Å²) >= 11 is 1.76. The van der Waals surface area contributed by atoms with Crippen molar-refractivity contribution in [1.29, 1.82) is 0 Å². The van der Waals surface area contributed by atoms with Gasteiger partial charge in [-0.3, -0.25) is 0 Å². The van der Waals surface area contributed by atoms with Gasteiger partial charge in [-0.2, -0.15) is 0 Å². The zero-order valence-corrected chi connectivity index (χ0v) is 28.1. The highest BCUT2D eigenvalue weighted by molar-refractivity contribution is 7.25. The van der Waals surface area contributed by atoms with Crippen LogP contribution >= 0.6 is 11.3 Å². The smallest absolute Gasteiger partial charge is 0.143 e. The van der Waals surface area contributed by atoms with Crippen molar-refractivity contribution in [3.05, 3.63) is 188 Å². The average Bonchev–Trinajstić information content (AvgIpc) is 3.81. The summed E-state index contributed by atoms with van der Waals surface area (Å²) in [4.78, 5) is 2.19. The topological polar surface area (TPSA) is 16.4 Å². The van der Waals surface area contributed by atoms with Crippen molar-refractivity contribution in [3.8, 4) is 33.4 Å². The first-order valence-electron chi connectivity index (χ1n) is 19.3. The molecule has 2 aromatic heterocycles. The summed E-state index contributed by atoms with van der Waals surface area (Å²) in [6, 6.07) is 52.5. The molecule has 8 aromatic carbocycles. The molecule has 2 nitrogen and oxygen atoms in total. The molecule has 0 spiro atoms. The summed E-state index contributed by atoms with van der Waals surface area (Å²) in [5, 5.41) is 4.59. The van der Waals surface area contributed by atoms with Crippen LogP contribution in [0.25, 0.3) is 75.5 Å². The molecule has 240 valence electrons. The molecule has 3 heteroatoms. The van der Waals surface area contributed by atoms with E-state index in [0.29, 0.717) is 5.56 Å². The Labute approximate surface area is 307 Å². The first kappa shape index (κ1) is 24.7. The van der Waals surface area contributed by atoms with E-state index >= 15 is 0 Å². The largest absolute Gasteiger partial charge is 0.455 e. The van der Waals surface area contributed by atoms with Crippen molar-refractivity contribution < 1.29 is 11.3 Å². The molecule has 0 aliphatic carbocycles. The molecule has 0 bridgehead atoms. The zero-order chi connectivity index (χ0) is 38.1. The molecule has 0 saturated carbocycles. The van der Waals surface area contributed by atoms with Gasteiger partial charge in [0.05, 0.1) is 6.85 Å². The molecule has 51 heavy (non-hydrogen) atoms. The number of para-hydroxylation sites is 2. The maximum atomic E-state index is 8.53. The van der Waals surface area contributed by atoms with Gasteiger partial charge in [0.15, 0.2) is 0 Å². The highest BCUT2D eigenvalue weighted by Crippen LogP contribution is 2.43. The van der Waals surface area contributed by atoms with Crippen LogP contribution in [0, 0.1) is 0 Å². The quantitative estimate of drug-likeness (QED) is 0.175. The van der Waals surface area contributed by atoms with Crippen LogP contribution in [-0.4, -0.2) is 0 Å². The van der Waals surface area contributed by atoms with Crippen LogP contribution in [-0.2, 0) is 0 Å². The highest BCUT2D eigenvalue weighted by Gasteiger charge is 2.17. The Kier molecular flexibility index (Phi) is 5.89. The summed E-state index contributed by atoms with van der Waals surface area (Å²) < 4.78 is 50.2. The predicted octanol–water partition coefficient (Wildman–Crippen LogP) is 14.4. The van der Waals surface area contributed by atoms with Crippen LogP contribution in [0.1, 0.15) is 6.85 Å². The molecule has 0 unspecified atom stereocenters. The highest BCUT2D eigenvalue weighted by atomic mass is 32.1. The van der Waals surface area contributed by atoms with E-state index in [1.165, 1.54) is 15.5 Å². The van der Waals surface area contributed by atoms with Crippen LogP contribution in [0.4, 0.5) is 17.1 Å². The van der Waals surface area contributed by atoms with Crippen molar-refractivity contribution in [1.82, 2.24) is 0 Å². The Morgan fingerprint density at radius 1 is 0.431 bits per heavy atom. The third-order valence-corrected chi connectivity index (χ3v) is 10.7. The first-order chi connectivity index (χ1) is 27.3. The molecule has 0 amide bonds. The fourth-order valence-corrected chi connectivity index (χ4v) is 8.28. The number of thiophene rings is 1. The van der Waals surface area contributed by atoms with Crippen molar-refractivity contribution >= 4 is 70.5 Å². The average molecular weight is 675 g/mol. The summed E-state index contributed by atoms with van der Waals surface area (Å²) in [6.45, 7) is 0. The second-order valence-electron chi connectivity index (χ2n) is 12.6. The van der Waals surface area contributed by atoms with E-state index in [2.05, 4.69) is 102 Å². The maximum absolute atomic E-state index is 8.53. The fourth-order valence-electron chi connectivity index (χ4n) is 7.10. The third kappa shape index (κ3) is 5.18. The minimum absolute atomic E-state index is 0.184. The number of hydrogen-bond donors (Lipinski definition) is 0. The zero-order valence-electron chi connectivity index (χ0n) is 32.3. The lowest BCUT2D eigenvalue weighted by Crippen LogP contribution is -2.09. The number of rotatable bonds is 6. The lowest BCUT2D eigenvalue weighted by atomic mass is 10.0. The molecule has 0 aliphatic rings. The monoisotopic (exact) mass is 674 g/mol. The van der Waals surface area contributed by atoms with Gasteiger partial charge in [0, 0.05) is 53.6 Å². The van der Waals surface area contributed by atoms with Crippen LogP contribution in [0.5, 0.6) is 0 Å². The normalized spacial score (nSPS) is 12.9. The van der Waals surface area contributed by atoms with Gasteiger partial charge in [0.2, 0.25) is 0 Å². The van der Waals surface area contributed by atoms with Gasteiger partial charge >= 0.3 is 0 Å². The SMILES string of the molecule is [2H]c1c([2H])c([2H])c(-c2ccc(N(c3ccc(-c4ccccc4)cc3)c3ccc4c(c3)sc3cc(-c5cccc6c5oc5ccccc56)ccc34)cc2)c([2H])c1[2H]. The lowest BCUT2D eigenvalue weighted by molar-refractivity contribution is 0.670. The molecule has 0 aliphatic heterocycles. The first-order valence-corrected chi connectivity index (χ1v) is 17.7. The van der Waals surface area contributed by atoms with E-state index in [1.54, 1.807) is 11.3 Å².